The number of anilines is 1. The lowest BCUT2D eigenvalue weighted by molar-refractivity contribution is 0.0194. The molecule has 1 aliphatic heterocycles. The zero-order chi connectivity index (χ0) is 19.3. The molecule has 0 spiro atoms. The number of morpholine rings is 1. The van der Waals surface area contributed by atoms with Crippen LogP contribution in [0.1, 0.15) is 16.5 Å². The van der Waals surface area contributed by atoms with Crippen LogP contribution in [0.25, 0.3) is 11.3 Å². The Hall–Kier alpha value is -2.35. The summed E-state index contributed by atoms with van der Waals surface area (Å²) >= 11 is 1.77. The zero-order valence-corrected chi connectivity index (χ0v) is 16.6. The predicted molar refractivity (Wildman–Crippen MR) is 110 cm³/mol. The zero-order valence-electron chi connectivity index (χ0n) is 15.8. The van der Waals surface area contributed by atoms with Crippen LogP contribution in [-0.2, 0) is 4.74 Å². The van der Waals surface area contributed by atoms with E-state index in [9.17, 15) is 4.39 Å². The molecule has 5 nitrogen and oxygen atoms in total. The number of aromatic nitrogens is 2. The monoisotopic (exact) mass is 398 g/mol. The molecule has 0 bridgehead atoms. The van der Waals surface area contributed by atoms with Gasteiger partial charge in [0.05, 0.1) is 24.9 Å². The number of halogens is 1. The lowest BCUT2D eigenvalue weighted by Crippen LogP contribution is -2.41. The van der Waals surface area contributed by atoms with Gasteiger partial charge in [-0.2, -0.15) is 0 Å². The highest BCUT2D eigenvalue weighted by Crippen LogP contribution is 2.27. The van der Waals surface area contributed by atoms with Crippen molar-refractivity contribution in [3.8, 4) is 11.3 Å². The van der Waals surface area contributed by atoms with Gasteiger partial charge in [0.15, 0.2) is 5.82 Å². The van der Waals surface area contributed by atoms with Gasteiger partial charge in [0.25, 0.3) is 0 Å². The SMILES string of the molecule is Cc1cc(-c2cccc(F)c2)nnc1NCC(c1cccs1)N1CCOCC1. The van der Waals surface area contributed by atoms with E-state index in [1.54, 1.807) is 17.4 Å². The van der Waals surface area contributed by atoms with Crippen molar-refractivity contribution in [2.75, 3.05) is 38.2 Å². The molecule has 1 N–H and O–H groups in total. The summed E-state index contributed by atoms with van der Waals surface area (Å²) in [5.41, 5.74) is 2.39. The summed E-state index contributed by atoms with van der Waals surface area (Å²) in [6, 6.07) is 12.9. The van der Waals surface area contributed by atoms with Crippen molar-refractivity contribution >= 4 is 17.2 Å². The minimum absolute atomic E-state index is 0.271. The second-order valence-electron chi connectivity index (χ2n) is 6.83. The Morgan fingerprint density at radius 1 is 1.18 bits per heavy atom. The van der Waals surface area contributed by atoms with E-state index in [0.29, 0.717) is 5.69 Å². The van der Waals surface area contributed by atoms with E-state index in [-0.39, 0.29) is 11.9 Å². The number of thiophene rings is 1. The molecule has 7 heteroatoms. The summed E-state index contributed by atoms with van der Waals surface area (Å²) in [5, 5.41) is 14.2. The van der Waals surface area contributed by atoms with E-state index in [0.717, 1.165) is 49.8 Å². The van der Waals surface area contributed by atoms with Crippen LogP contribution < -0.4 is 5.32 Å². The van der Waals surface area contributed by atoms with E-state index in [2.05, 4.69) is 37.9 Å². The smallest absolute Gasteiger partial charge is 0.151 e. The van der Waals surface area contributed by atoms with Crippen molar-refractivity contribution in [1.82, 2.24) is 15.1 Å². The van der Waals surface area contributed by atoms with Crippen LogP contribution in [0.3, 0.4) is 0 Å². The number of nitrogens with one attached hydrogen (secondary N) is 1. The molecule has 1 unspecified atom stereocenters. The van der Waals surface area contributed by atoms with Gasteiger partial charge in [-0.15, -0.1) is 21.5 Å². The number of hydrogen-bond acceptors (Lipinski definition) is 6. The van der Waals surface area contributed by atoms with Gasteiger partial charge in [-0.25, -0.2) is 4.39 Å². The molecular formula is C21H23FN4OS. The molecule has 0 radical (unpaired) electrons. The van der Waals surface area contributed by atoms with E-state index in [1.807, 2.05) is 19.1 Å². The van der Waals surface area contributed by atoms with Crippen LogP contribution >= 0.6 is 11.3 Å². The molecule has 28 heavy (non-hydrogen) atoms. The van der Waals surface area contributed by atoms with E-state index < -0.39 is 0 Å². The number of aryl methyl sites for hydroxylation is 1. The third-order valence-electron chi connectivity index (χ3n) is 4.93. The molecule has 3 aromatic rings. The van der Waals surface area contributed by atoms with Crippen molar-refractivity contribution < 1.29 is 9.13 Å². The molecular weight excluding hydrogens is 375 g/mol. The predicted octanol–water partition coefficient (Wildman–Crippen LogP) is 4.14. The third kappa shape index (κ3) is 4.38. The topological polar surface area (TPSA) is 50.3 Å². The standard InChI is InChI=1S/C21H23FN4OS/c1-15-12-18(16-4-2-5-17(22)13-16)24-25-21(15)23-14-19(20-6-3-11-28-20)26-7-9-27-10-8-26/h2-6,11-13,19H,7-10,14H2,1H3,(H,23,25). The molecule has 3 heterocycles. The summed E-state index contributed by atoms with van der Waals surface area (Å²) in [6.45, 7) is 6.12. The highest BCUT2D eigenvalue weighted by atomic mass is 32.1. The van der Waals surface area contributed by atoms with Gasteiger partial charge in [0.1, 0.15) is 5.82 Å². The van der Waals surface area contributed by atoms with Gasteiger partial charge < -0.3 is 10.1 Å². The van der Waals surface area contributed by atoms with E-state index >= 15 is 0 Å². The first-order valence-electron chi connectivity index (χ1n) is 9.40. The summed E-state index contributed by atoms with van der Waals surface area (Å²) in [7, 11) is 0. The maximum Gasteiger partial charge on any atom is 0.151 e. The van der Waals surface area contributed by atoms with Gasteiger partial charge >= 0.3 is 0 Å². The molecule has 0 saturated carbocycles. The fraction of sp³-hybridized carbons (Fsp3) is 0.333. The number of ether oxygens (including phenoxy) is 1. The van der Waals surface area contributed by atoms with Crippen LogP contribution in [0.4, 0.5) is 10.2 Å². The average molecular weight is 399 g/mol. The van der Waals surface area contributed by atoms with Crippen molar-refractivity contribution in [3.05, 3.63) is 64.1 Å². The Labute approximate surface area is 168 Å². The second kappa shape index (κ2) is 8.77. The molecule has 4 rings (SSSR count). The molecule has 1 aromatic carbocycles. The van der Waals surface area contributed by atoms with E-state index in [4.69, 9.17) is 4.74 Å². The fourth-order valence-corrected chi connectivity index (χ4v) is 4.28. The number of benzene rings is 1. The molecule has 1 atom stereocenters. The highest BCUT2D eigenvalue weighted by molar-refractivity contribution is 7.10. The van der Waals surface area contributed by atoms with Gasteiger partial charge in [-0.05, 0) is 42.1 Å². The second-order valence-corrected chi connectivity index (χ2v) is 7.81. The van der Waals surface area contributed by atoms with Crippen molar-refractivity contribution in [1.29, 1.82) is 0 Å². The summed E-state index contributed by atoms with van der Waals surface area (Å²) < 4.78 is 19.0. The number of rotatable bonds is 6. The van der Waals surface area contributed by atoms with Gasteiger partial charge in [0, 0.05) is 30.1 Å². The van der Waals surface area contributed by atoms with Crippen LogP contribution in [-0.4, -0.2) is 47.9 Å². The molecule has 1 fully saturated rings. The molecule has 1 saturated heterocycles. The van der Waals surface area contributed by atoms with Crippen LogP contribution in [0, 0.1) is 12.7 Å². The molecule has 146 valence electrons. The Balaban J connectivity index is 1.49. The Morgan fingerprint density at radius 2 is 2.04 bits per heavy atom. The Kier molecular flexibility index (Phi) is 5.95. The molecule has 0 amide bonds. The van der Waals surface area contributed by atoms with Crippen LogP contribution in [0.2, 0.25) is 0 Å². The van der Waals surface area contributed by atoms with Crippen molar-refractivity contribution in [2.45, 2.75) is 13.0 Å². The van der Waals surface area contributed by atoms with Gasteiger partial charge in [-0.3, -0.25) is 4.90 Å². The molecule has 2 aromatic heterocycles. The summed E-state index contributed by atoms with van der Waals surface area (Å²) in [6.07, 6.45) is 0. The normalized spacial score (nSPS) is 16.1. The highest BCUT2D eigenvalue weighted by Gasteiger charge is 2.23. The molecule has 1 aliphatic rings. The minimum atomic E-state index is -0.275. The Bertz CT molecular complexity index is 913. The summed E-state index contributed by atoms with van der Waals surface area (Å²) in [4.78, 5) is 3.78. The Morgan fingerprint density at radius 3 is 2.75 bits per heavy atom. The lowest BCUT2D eigenvalue weighted by Gasteiger charge is -2.34. The van der Waals surface area contributed by atoms with Gasteiger partial charge in [0.2, 0.25) is 0 Å². The number of nitrogens with zero attached hydrogens (tertiary/aromatic N) is 3. The fourth-order valence-electron chi connectivity index (χ4n) is 3.42. The first-order valence-corrected chi connectivity index (χ1v) is 10.3. The minimum Gasteiger partial charge on any atom is -0.379 e. The van der Waals surface area contributed by atoms with Crippen LogP contribution in [0.15, 0.2) is 47.8 Å². The average Bonchev–Trinajstić information content (AvgIpc) is 3.24. The maximum atomic E-state index is 13.5. The first kappa shape index (κ1) is 19.0. The van der Waals surface area contributed by atoms with E-state index in [1.165, 1.54) is 17.0 Å². The van der Waals surface area contributed by atoms with Gasteiger partial charge in [-0.1, -0.05) is 18.2 Å². The van der Waals surface area contributed by atoms with Crippen molar-refractivity contribution in [2.24, 2.45) is 0 Å². The number of hydrogen-bond donors (Lipinski definition) is 1. The maximum absolute atomic E-state index is 13.5. The first-order chi connectivity index (χ1) is 13.7. The largest absolute Gasteiger partial charge is 0.379 e. The summed E-state index contributed by atoms with van der Waals surface area (Å²) in [5.74, 6) is 0.485. The van der Waals surface area contributed by atoms with Crippen LogP contribution in [0.5, 0.6) is 0 Å². The van der Waals surface area contributed by atoms with Crippen molar-refractivity contribution in [3.63, 3.8) is 0 Å². The lowest BCUT2D eigenvalue weighted by atomic mass is 10.1. The molecule has 0 aliphatic carbocycles. The quantitative estimate of drug-likeness (QED) is 0.676. The third-order valence-corrected chi connectivity index (χ3v) is 5.90.